The van der Waals surface area contributed by atoms with Gasteiger partial charge in [-0.3, -0.25) is 9.10 Å². The van der Waals surface area contributed by atoms with Crippen LogP contribution in [0.15, 0.2) is 77.7 Å². The van der Waals surface area contributed by atoms with Gasteiger partial charge in [0.2, 0.25) is 0 Å². The van der Waals surface area contributed by atoms with Gasteiger partial charge < -0.3 is 5.32 Å². The van der Waals surface area contributed by atoms with Crippen molar-refractivity contribution in [1.29, 1.82) is 0 Å². The van der Waals surface area contributed by atoms with Gasteiger partial charge in [0, 0.05) is 17.8 Å². The maximum absolute atomic E-state index is 13.3. The summed E-state index contributed by atoms with van der Waals surface area (Å²) < 4.78 is 27.8. The maximum atomic E-state index is 13.3. The van der Waals surface area contributed by atoms with Crippen molar-refractivity contribution in [3.63, 3.8) is 0 Å². The normalized spacial score (nSPS) is 11.1. The van der Waals surface area contributed by atoms with E-state index in [1.165, 1.54) is 16.4 Å². The molecule has 0 saturated heterocycles. The molecule has 7 heteroatoms. The Hall–Kier alpha value is -2.83. The number of carbonyl (C=O) groups is 1. The number of sulfonamides is 1. The van der Waals surface area contributed by atoms with Crippen molar-refractivity contribution < 1.29 is 13.2 Å². The minimum absolute atomic E-state index is 0.0625. The molecule has 0 radical (unpaired) electrons. The van der Waals surface area contributed by atoms with Crippen LogP contribution in [-0.4, -0.2) is 20.9 Å². The monoisotopic (exact) mass is 428 g/mol. The lowest BCUT2D eigenvalue weighted by atomic mass is 10.1. The summed E-state index contributed by atoms with van der Waals surface area (Å²) in [5, 5.41) is 2.85. The first-order valence-electron chi connectivity index (χ1n) is 9.09. The zero-order chi connectivity index (χ0) is 21.0. The molecule has 0 bridgehead atoms. The second kappa shape index (κ2) is 8.68. The molecule has 0 aliphatic heterocycles. The summed E-state index contributed by atoms with van der Waals surface area (Å²) in [6.07, 6.45) is 0. The van der Waals surface area contributed by atoms with Gasteiger partial charge in [0.15, 0.2) is 0 Å². The first-order chi connectivity index (χ1) is 13.8. The van der Waals surface area contributed by atoms with E-state index in [0.29, 0.717) is 16.9 Å². The smallest absolute Gasteiger partial charge is 0.265 e. The standard InChI is InChI=1S/C22H21ClN2O3S/c1-3-25(18-10-5-4-6-11-18)29(27,28)21-15-17(13-14-20(21)23)24-22(26)19-12-8-7-9-16(19)2/h4-15H,3H2,1-2H3,(H,24,26). The van der Waals surface area contributed by atoms with Crippen molar-refractivity contribution in [2.24, 2.45) is 0 Å². The molecule has 0 saturated carbocycles. The van der Waals surface area contributed by atoms with Gasteiger partial charge in [-0.25, -0.2) is 8.42 Å². The van der Waals surface area contributed by atoms with Crippen molar-refractivity contribution >= 4 is 38.9 Å². The summed E-state index contributed by atoms with van der Waals surface area (Å²) in [5.74, 6) is -0.316. The fourth-order valence-electron chi connectivity index (χ4n) is 3.01. The number of hydrogen-bond acceptors (Lipinski definition) is 3. The van der Waals surface area contributed by atoms with E-state index in [2.05, 4.69) is 5.32 Å². The molecular weight excluding hydrogens is 408 g/mol. The number of nitrogens with one attached hydrogen (secondary N) is 1. The molecule has 5 nitrogen and oxygen atoms in total. The molecular formula is C22H21ClN2O3S. The van der Waals surface area contributed by atoms with Crippen LogP contribution in [0.25, 0.3) is 0 Å². The van der Waals surface area contributed by atoms with Gasteiger partial charge in [-0.15, -0.1) is 0 Å². The Morgan fingerprint density at radius 3 is 2.31 bits per heavy atom. The number of anilines is 2. The number of halogens is 1. The Bertz CT molecular complexity index is 1130. The van der Waals surface area contributed by atoms with Gasteiger partial charge in [-0.1, -0.05) is 48.0 Å². The molecule has 1 N–H and O–H groups in total. The van der Waals surface area contributed by atoms with Gasteiger partial charge in [0.1, 0.15) is 4.90 Å². The largest absolute Gasteiger partial charge is 0.322 e. The highest BCUT2D eigenvalue weighted by atomic mass is 35.5. The summed E-state index contributed by atoms with van der Waals surface area (Å²) >= 11 is 6.23. The zero-order valence-electron chi connectivity index (χ0n) is 16.1. The average molecular weight is 429 g/mol. The summed E-state index contributed by atoms with van der Waals surface area (Å²) in [6, 6.07) is 20.4. The lowest BCUT2D eigenvalue weighted by Crippen LogP contribution is -2.31. The molecule has 0 aromatic heterocycles. The van der Waals surface area contributed by atoms with E-state index in [1.54, 1.807) is 49.4 Å². The van der Waals surface area contributed by atoms with Crippen LogP contribution in [0, 0.1) is 6.92 Å². The van der Waals surface area contributed by atoms with Crippen molar-refractivity contribution in [3.8, 4) is 0 Å². The summed E-state index contributed by atoms with van der Waals surface area (Å²) in [4.78, 5) is 12.5. The Labute approximate surface area is 176 Å². The highest BCUT2D eigenvalue weighted by Gasteiger charge is 2.26. The van der Waals surface area contributed by atoms with E-state index >= 15 is 0 Å². The third-order valence-corrected chi connectivity index (χ3v) is 6.86. The minimum atomic E-state index is -3.92. The molecule has 0 fully saturated rings. The van der Waals surface area contributed by atoms with Gasteiger partial charge >= 0.3 is 0 Å². The lowest BCUT2D eigenvalue weighted by Gasteiger charge is -2.23. The van der Waals surface area contributed by atoms with E-state index in [-0.39, 0.29) is 22.4 Å². The third kappa shape index (κ3) is 4.44. The number of hydrogen-bond donors (Lipinski definition) is 1. The van der Waals surface area contributed by atoms with Crippen molar-refractivity contribution in [2.75, 3.05) is 16.2 Å². The average Bonchev–Trinajstić information content (AvgIpc) is 2.70. The SMILES string of the molecule is CCN(c1ccccc1)S(=O)(=O)c1cc(NC(=O)c2ccccc2C)ccc1Cl. The van der Waals surface area contributed by atoms with Crippen LogP contribution < -0.4 is 9.62 Å². The van der Waals surface area contributed by atoms with Crippen LogP contribution >= 0.6 is 11.6 Å². The molecule has 0 spiro atoms. The molecule has 29 heavy (non-hydrogen) atoms. The second-order valence-electron chi connectivity index (χ2n) is 6.42. The Kier molecular flexibility index (Phi) is 6.25. The van der Waals surface area contributed by atoms with Crippen LogP contribution in [0.4, 0.5) is 11.4 Å². The molecule has 1 amide bonds. The molecule has 0 heterocycles. The van der Waals surface area contributed by atoms with E-state index < -0.39 is 10.0 Å². The number of carbonyl (C=O) groups excluding carboxylic acids is 1. The minimum Gasteiger partial charge on any atom is -0.322 e. The predicted molar refractivity (Wildman–Crippen MR) is 117 cm³/mol. The Balaban J connectivity index is 1.96. The van der Waals surface area contributed by atoms with E-state index in [9.17, 15) is 13.2 Å². The summed E-state index contributed by atoms with van der Waals surface area (Å²) in [5.41, 5.74) is 2.24. The molecule has 3 aromatic carbocycles. The molecule has 3 aromatic rings. The molecule has 0 aliphatic rings. The van der Waals surface area contributed by atoms with Gasteiger partial charge in [-0.05, 0) is 55.8 Å². The van der Waals surface area contributed by atoms with Gasteiger partial charge in [0.25, 0.3) is 15.9 Å². The van der Waals surface area contributed by atoms with Gasteiger partial charge in [0.05, 0.1) is 10.7 Å². The van der Waals surface area contributed by atoms with E-state index in [4.69, 9.17) is 11.6 Å². The third-order valence-electron chi connectivity index (χ3n) is 4.48. The molecule has 0 aliphatic carbocycles. The fourth-order valence-corrected chi connectivity index (χ4v) is 4.99. The number of rotatable bonds is 6. The quantitative estimate of drug-likeness (QED) is 0.592. The molecule has 0 atom stereocenters. The fraction of sp³-hybridized carbons (Fsp3) is 0.136. The van der Waals surface area contributed by atoms with Crippen LogP contribution in [0.2, 0.25) is 5.02 Å². The molecule has 3 rings (SSSR count). The second-order valence-corrected chi connectivity index (χ2v) is 8.66. The number of nitrogens with zero attached hydrogens (tertiary/aromatic N) is 1. The molecule has 0 unspecified atom stereocenters. The van der Waals surface area contributed by atoms with Gasteiger partial charge in [-0.2, -0.15) is 0 Å². The summed E-state index contributed by atoms with van der Waals surface area (Å²) in [6.45, 7) is 3.83. The van der Waals surface area contributed by atoms with Crippen LogP contribution in [0.1, 0.15) is 22.8 Å². The van der Waals surface area contributed by atoms with Crippen molar-refractivity contribution in [3.05, 3.63) is 88.9 Å². The Morgan fingerprint density at radius 2 is 1.66 bits per heavy atom. The van der Waals surface area contributed by atoms with E-state index in [0.717, 1.165) is 5.56 Å². The first kappa shape index (κ1) is 20.9. The highest BCUT2D eigenvalue weighted by Crippen LogP contribution is 2.30. The Morgan fingerprint density at radius 1 is 1.00 bits per heavy atom. The van der Waals surface area contributed by atoms with Crippen molar-refractivity contribution in [2.45, 2.75) is 18.7 Å². The first-order valence-corrected chi connectivity index (χ1v) is 10.9. The van der Waals surface area contributed by atoms with Crippen molar-refractivity contribution in [1.82, 2.24) is 0 Å². The highest BCUT2D eigenvalue weighted by molar-refractivity contribution is 7.93. The zero-order valence-corrected chi connectivity index (χ0v) is 17.7. The van der Waals surface area contributed by atoms with Crippen LogP contribution in [0.3, 0.4) is 0 Å². The molecule has 150 valence electrons. The van der Waals surface area contributed by atoms with Crippen LogP contribution in [-0.2, 0) is 10.0 Å². The maximum Gasteiger partial charge on any atom is 0.265 e. The lowest BCUT2D eigenvalue weighted by molar-refractivity contribution is 0.102. The number of amides is 1. The number of benzene rings is 3. The number of para-hydroxylation sites is 1. The predicted octanol–water partition coefficient (Wildman–Crippen LogP) is 5.12. The topological polar surface area (TPSA) is 66.5 Å². The number of aryl methyl sites for hydroxylation is 1. The van der Waals surface area contributed by atoms with E-state index in [1.807, 2.05) is 25.1 Å². The van der Waals surface area contributed by atoms with Crippen LogP contribution in [0.5, 0.6) is 0 Å². The summed E-state index contributed by atoms with van der Waals surface area (Å²) in [7, 11) is -3.92.